The molecule has 0 saturated heterocycles. The largest absolute Gasteiger partial charge is 0.295 e. The minimum atomic E-state index is 0.865. The Morgan fingerprint density at radius 2 is 2.05 bits per heavy atom. The molecule has 0 fully saturated rings. The maximum Gasteiger partial charge on any atom is 0.107 e. The van der Waals surface area contributed by atoms with Crippen molar-refractivity contribution < 1.29 is 0 Å². The van der Waals surface area contributed by atoms with E-state index >= 15 is 0 Å². The lowest BCUT2D eigenvalue weighted by atomic mass is 10.0. The van der Waals surface area contributed by atoms with Gasteiger partial charge in [-0.05, 0) is 49.7 Å². The van der Waals surface area contributed by atoms with E-state index in [0.717, 1.165) is 23.8 Å². The summed E-state index contributed by atoms with van der Waals surface area (Å²) >= 11 is 1.70. The average Bonchev–Trinajstić information content (AvgIpc) is 3.14. The van der Waals surface area contributed by atoms with Crippen LogP contribution in [0, 0.1) is 13.8 Å². The van der Waals surface area contributed by atoms with Crippen LogP contribution in [-0.4, -0.2) is 26.7 Å². The van der Waals surface area contributed by atoms with Crippen LogP contribution in [0.2, 0.25) is 0 Å². The van der Waals surface area contributed by atoms with Crippen LogP contribution in [0.1, 0.15) is 21.7 Å². The molecule has 22 heavy (non-hydrogen) atoms. The van der Waals surface area contributed by atoms with E-state index in [0.29, 0.717) is 0 Å². The van der Waals surface area contributed by atoms with Crippen molar-refractivity contribution in [3.8, 4) is 5.69 Å². The van der Waals surface area contributed by atoms with Crippen molar-refractivity contribution in [2.45, 2.75) is 26.9 Å². The van der Waals surface area contributed by atoms with Crippen LogP contribution >= 0.6 is 11.3 Å². The van der Waals surface area contributed by atoms with Crippen LogP contribution < -0.4 is 0 Å². The Balaban J connectivity index is 1.89. The number of nitrogens with zero attached hydrogens (tertiary/aromatic N) is 4. The first kappa shape index (κ1) is 14.9. The number of aromatic nitrogens is 3. The van der Waals surface area contributed by atoms with Crippen LogP contribution in [0.15, 0.2) is 42.2 Å². The third kappa shape index (κ3) is 3.26. The van der Waals surface area contributed by atoms with Crippen molar-refractivity contribution in [2.75, 3.05) is 7.05 Å². The van der Waals surface area contributed by atoms with E-state index in [-0.39, 0.29) is 0 Å². The molecule has 0 amide bonds. The summed E-state index contributed by atoms with van der Waals surface area (Å²) < 4.78 is 1.95. The van der Waals surface area contributed by atoms with E-state index in [9.17, 15) is 0 Å². The van der Waals surface area contributed by atoms with Crippen molar-refractivity contribution in [1.82, 2.24) is 19.7 Å². The van der Waals surface area contributed by atoms with Crippen molar-refractivity contribution in [1.29, 1.82) is 0 Å². The molecule has 0 atom stereocenters. The number of thiazole rings is 1. The Morgan fingerprint density at radius 3 is 2.73 bits per heavy atom. The number of benzene rings is 1. The summed E-state index contributed by atoms with van der Waals surface area (Å²) in [6.45, 7) is 6.04. The predicted molar refractivity (Wildman–Crippen MR) is 90.3 cm³/mol. The van der Waals surface area contributed by atoms with Crippen LogP contribution in [0.3, 0.4) is 0 Å². The molecule has 0 spiro atoms. The molecule has 0 bridgehead atoms. The number of rotatable bonds is 5. The molecule has 2 heterocycles. The highest BCUT2D eigenvalue weighted by Gasteiger charge is 2.12. The normalized spacial score (nSPS) is 11.3. The lowest BCUT2D eigenvalue weighted by Crippen LogP contribution is -2.19. The van der Waals surface area contributed by atoms with E-state index in [2.05, 4.69) is 48.0 Å². The molecule has 5 heteroatoms. The van der Waals surface area contributed by atoms with Gasteiger partial charge in [0.2, 0.25) is 0 Å². The molecule has 0 saturated carbocycles. The minimum absolute atomic E-state index is 0.865. The fourth-order valence-electron chi connectivity index (χ4n) is 2.68. The first-order chi connectivity index (χ1) is 10.6. The first-order valence-corrected chi connectivity index (χ1v) is 8.18. The molecule has 114 valence electrons. The van der Waals surface area contributed by atoms with E-state index in [4.69, 9.17) is 0 Å². The second kappa shape index (κ2) is 6.42. The van der Waals surface area contributed by atoms with Crippen LogP contribution in [-0.2, 0) is 13.1 Å². The molecular weight excluding hydrogens is 292 g/mol. The van der Waals surface area contributed by atoms with Gasteiger partial charge in [-0.1, -0.05) is 6.07 Å². The molecule has 0 radical (unpaired) electrons. The molecule has 2 aromatic heterocycles. The predicted octanol–water partition coefficient (Wildman–Crippen LogP) is 3.58. The summed E-state index contributed by atoms with van der Waals surface area (Å²) in [7, 11) is 2.13. The quantitative estimate of drug-likeness (QED) is 0.722. The molecule has 4 nitrogen and oxygen atoms in total. The van der Waals surface area contributed by atoms with Gasteiger partial charge in [0.05, 0.1) is 12.2 Å². The highest BCUT2D eigenvalue weighted by molar-refractivity contribution is 7.09. The Bertz CT molecular complexity index is 732. The Hall–Kier alpha value is -1.98. The van der Waals surface area contributed by atoms with Gasteiger partial charge in [-0.3, -0.25) is 4.90 Å². The SMILES string of the molecule is Cc1cc(C)c(CN(C)Cc2nccs2)c(-n2cccn2)c1. The maximum atomic E-state index is 4.40. The fourth-order valence-corrected chi connectivity index (χ4v) is 3.38. The van der Waals surface area contributed by atoms with Gasteiger partial charge in [0.1, 0.15) is 5.01 Å². The van der Waals surface area contributed by atoms with Gasteiger partial charge in [-0.25, -0.2) is 9.67 Å². The molecular formula is C17H20N4S. The topological polar surface area (TPSA) is 34.0 Å². The second-order valence-electron chi connectivity index (χ2n) is 5.63. The number of hydrogen-bond acceptors (Lipinski definition) is 4. The van der Waals surface area contributed by atoms with Crippen molar-refractivity contribution in [3.05, 3.63) is 63.9 Å². The standard InChI is InChI=1S/C17H20N4S/c1-13-9-14(2)15(16(10-13)21-7-4-5-19-21)11-20(3)12-17-18-6-8-22-17/h4-10H,11-12H2,1-3H3. The summed E-state index contributed by atoms with van der Waals surface area (Å²) in [5.74, 6) is 0. The van der Waals surface area contributed by atoms with E-state index < -0.39 is 0 Å². The van der Waals surface area contributed by atoms with Crippen LogP contribution in [0.4, 0.5) is 0 Å². The molecule has 0 aliphatic carbocycles. The first-order valence-electron chi connectivity index (χ1n) is 7.30. The Kier molecular flexibility index (Phi) is 4.36. The molecule has 0 N–H and O–H groups in total. The van der Waals surface area contributed by atoms with Gasteiger partial charge < -0.3 is 0 Å². The van der Waals surface area contributed by atoms with Crippen LogP contribution in [0.25, 0.3) is 5.69 Å². The highest BCUT2D eigenvalue weighted by atomic mass is 32.1. The zero-order chi connectivity index (χ0) is 15.5. The van der Waals surface area contributed by atoms with E-state index in [1.165, 1.54) is 16.7 Å². The van der Waals surface area contributed by atoms with Crippen molar-refractivity contribution in [2.24, 2.45) is 0 Å². The monoisotopic (exact) mass is 312 g/mol. The molecule has 0 aliphatic rings. The van der Waals surface area contributed by atoms with E-state index in [1.807, 2.05) is 34.7 Å². The highest BCUT2D eigenvalue weighted by Crippen LogP contribution is 2.22. The molecule has 3 aromatic rings. The van der Waals surface area contributed by atoms with Gasteiger partial charge >= 0.3 is 0 Å². The van der Waals surface area contributed by atoms with Crippen molar-refractivity contribution in [3.63, 3.8) is 0 Å². The van der Waals surface area contributed by atoms with Gasteiger partial charge in [0.25, 0.3) is 0 Å². The van der Waals surface area contributed by atoms with Gasteiger partial charge in [0, 0.05) is 30.5 Å². The van der Waals surface area contributed by atoms with Gasteiger partial charge in [0.15, 0.2) is 0 Å². The summed E-state index contributed by atoms with van der Waals surface area (Å²) in [6, 6.07) is 6.40. The molecule has 1 aromatic carbocycles. The lowest BCUT2D eigenvalue weighted by molar-refractivity contribution is 0.317. The Morgan fingerprint density at radius 1 is 1.18 bits per heavy atom. The molecule has 0 unspecified atom stereocenters. The van der Waals surface area contributed by atoms with Gasteiger partial charge in [-0.15, -0.1) is 11.3 Å². The van der Waals surface area contributed by atoms with E-state index in [1.54, 1.807) is 11.3 Å². The Labute approximate surface area is 135 Å². The smallest absolute Gasteiger partial charge is 0.107 e. The summed E-state index contributed by atoms with van der Waals surface area (Å²) in [6.07, 6.45) is 5.68. The summed E-state index contributed by atoms with van der Waals surface area (Å²) in [4.78, 5) is 6.66. The summed E-state index contributed by atoms with van der Waals surface area (Å²) in [5.41, 5.74) is 5.03. The zero-order valence-corrected chi connectivity index (χ0v) is 14.0. The average molecular weight is 312 g/mol. The number of aryl methyl sites for hydroxylation is 2. The van der Waals surface area contributed by atoms with Crippen LogP contribution in [0.5, 0.6) is 0 Å². The second-order valence-corrected chi connectivity index (χ2v) is 6.61. The lowest BCUT2D eigenvalue weighted by Gasteiger charge is -2.20. The number of hydrogen-bond donors (Lipinski definition) is 0. The molecule has 0 aliphatic heterocycles. The van der Waals surface area contributed by atoms with Crippen molar-refractivity contribution >= 4 is 11.3 Å². The van der Waals surface area contributed by atoms with Gasteiger partial charge in [-0.2, -0.15) is 5.10 Å². The minimum Gasteiger partial charge on any atom is -0.295 e. The fraction of sp³-hybridized carbons (Fsp3) is 0.294. The maximum absolute atomic E-state index is 4.40. The zero-order valence-electron chi connectivity index (χ0n) is 13.2. The molecule has 3 rings (SSSR count). The summed E-state index contributed by atoms with van der Waals surface area (Å²) in [5, 5.41) is 7.57. The third-order valence-corrected chi connectivity index (χ3v) is 4.43. The third-order valence-electron chi connectivity index (χ3n) is 3.66.